The third-order valence-electron chi connectivity index (χ3n) is 3.45. The molecular weight excluding hydrogens is 288 g/mol. The van der Waals surface area contributed by atoms with Crippen LogP contribution in [0.5, 0.6) is 28.7 Å². The number of ether oxygens (including phenoxy) is 2. The maximum absolute atomic E-state index is 12.3. The number of fused-ring (bicyclic) bond motifs is 1. The Bertz CT molecular complexity index is 846. The second kappa shape index (κ2) is 5.14. The first-order valence-electron chi connectivity index (χ1n) is 7.92. The summed E-state index contributed by atoms with van der Waals surface area (Å²) in [4.78, 5) is 12.3. The summed E-state index contributed by atoms with van der Waals surface area (Å²) >= 11 is 0. The predicted octanol–water partition coefficient (Wildman–Crippen LogP) is 2.52. The molecule has 1 aliphatic heterocycles. The number of methoxy groups -OCH3 is 1. The smallest absolute Gasteiger partial charge is 0.174 e. The van der Waals surface area contributed by atoms with Crippen LogP contribution < -0.4 is 9.47 Å². The maximum atomic E-state index is 12.3. The van der Waals surface area contributed by atoms with Crippen molar-refractivity contribution < 1.29 is 33.7 Å². The van der Waals surface area contributed by atoms with Crippen LogP contribution in [0.4, 0.5) is 0 Å². The number of rotatable bonds is 2. The van der Waals surface area contributed by atoms with E-state index in [1.54, 1.807) is 0 Å². The Kier molecular flexibility index (Phi) is 2.52. The molecule has 0 radical (unpaired) electrons. The maximum Gasteiger partial charge on any atom is 0.174 e. The molecule has 0 amide bonds. The first-order chi connectivity index (χ1) is 11.6. The third kappa shape index (κ3) is 2.28. The minimum atomic E-state index is -2.70. The van der Waals surface area contributed by atoms with Crippen LogP contribution in [-0.2, 0) is 0 Å². The minimum absolute atomic E-state index is 0.0133. The van der Waals surface area contributed by atoms with Gasteiger partial charge in [0, 0.05) is 12.1 Å². The molecule has 1 unspecified atom stereocenters. The fraction of sp³-hybridized carbons (Fsp3) is 0.188. The number of Topliss-reactive ketones (excluding diaryl/α,β-unsaturated/α-hetero) is 1. The van der Waals surface area contributed by atoms with Crippen LogP contribution in [0.3, 0.4) is 0 Å². The van der Waals surface area contributed by atoms with Crippen LogP contribution in [0.2, 0.25) is 0 Å². The normalized spacial score (nSPS) is 19.4. The molecule has 0 saturated carbocycles. The molecule has 0 spiro atoms. The number of carbonyl (C=O) groups excluding carboxylic acids is 1. The number of aromatic hydroxyl groups is 3. The van der Waals surface area contributed by atoms with E-state index < -0.39 is 18.9 Å². The predicted molar refractivity (Wildman–Crippen MR) is 76.7 cm³/mol. The Balaban J connectivity index is 1.91. The molecule has 2 aromatic rings. The van der Waals surface area contributed by atoms with Crippen molar-refractivity contribution in [1.29, 1.82) is 0 Å². The van der Waals surface area contributed by atoms with Crippen LogP contribution in [0.15, 0.2) is 30.3 Å². The van der Waals surface area contributed by atoms with Crippen LogP contribution >= 0.6 is 0 Å². The van der Waals surface area contributed by atoms with Gasteiger partial charge in [-0.1, -0.05) is 6.07 Å². The molecule has 1 atom stereocenters. The first-order valence-corrected chi connectivity index (χ1v) is 6.42. The van der Waals surface area contributed by atoms with Crippen LogP contribution in [0.25, 0.3) is 0 Å². The molecule has 1 heterocycles. The Hall–Kier alpha value is -2.89. The molecule has 22 heavy (non-hydrogen) atoms. The molecule has 6 heteroatoms. The monoisotopic (exact) mass is 305 g/mol. The lowest BCUT2D eigenvalue weighted by atomic mass is 9.95. The fourth-order valence-electron chi connectivity index (χ4n) is 2.43. The number of hydrogen-bond donors (Lipinski definition) is 3. The number of hydrogen-bond acceptors (Lipinski definition) is 6. The van der Waals surface area contributed by atoms with Gasteiger partial charge >= 0.3 is 0 Å². The van der Waals surface area contributed by atoms with E-state index in [2.05, 4.69) is 4.74 Å². The summed E-state index contributed by atoms with van der Waals surface area (Å²) in [6, 6.07) is 6.23. The van der Waals surface area contributed by atoms with Crippen LogP contribution in [-0.4, -0.2) is 28.1 Å². The average Bonchev–Trinajstić information content (AvgIpc) is 2.46. The van der Waals surface area contributed by atoms with Gasteiger partial charge in [0.05, 0.1) is 17.6 Å². The highest BCUT2D eigenvalue weighted by molar-refractivity contribution is 6.02. The Morgan fingerprint density at radius 2 is 2.05 bits per heavy atom. The number of benzene rings is 2. The van der Waals surface area contributed by atoms with E-state index in [4.69, 9.17) is 8.85 Å². The van der Waals surface area contributed by atoms with Gasteiger partial charge in [0.25, 0.3) is 0 Å². The molecule has 0 fully saturated rings. The van der Waals surface area contributed by atoms with E-state index in [9.17, 15) is 20.1 Å². The molecule has 0 bridgehead atoms. The Morgan fingerprint density at radius 1 is 1.23 bits per heavy atom. The molecular formula is C16H14O6. The standard InChI is InChI=1S/C16H14O6/c1-21-13-3-2-8(4-10(13)18)14-7-12(20)16-11(19)5-9(17)6-15(16)22-14/h2-6,14,17-19H,7H2,1H3/i1D3. The number of ketones is 1. The van der Waals surface area contributed by atoms with Gasteiger partial charge in [-0.05, 0) is 17.7 Å². The second-order valence-electron chi connectivity index (χ2n) is 4.90. The quantitative estimate of drug-likeness (QED) is 0.789. The van der Waals surface area contributed by atoms with Crippen molar-refractivity contribution in [2.24, 2.45) is 0 Å². The van der Waals surface area contributed by atoms with Gasteiger partial charge in [-0.2, -0.15) is 0 Å². The zero-order valence-corrected chi connectivity index (χ0v) is 11.2. The summed E-state index contributed by atoms with van der Waals surface area (Å²) < 4.78 is 31.4. The molecule has 114 valence electrons. The summed E-state index contributed by atoms with van der Waals surface area (Å²) in [5, 5.41) is 29.3. The first kappa shape index (κ1) is 10.8. The SMILES string of the molecule is [2H]C([2H])([2H])Oc1ccc(C2CC(=O)c3c(O)cc(O)cc3O2)cc1O. The number of carbonyl (C=O) groups is 1. The number of phenolic OH excluding ortho intramolecular Hbond substituents is 3. The zero-order chi connectivity index (χ0) is 18.4. The summed E-state index contributed by atoms with van der Waals surface area (Å²) in [5.41, 5.74) is 0.401. The van der Waals surface area contributed by atoms with Crippen molar-refractivity contribution in [3.8, 4) is 28.7 Å². The summed E-state index contributed by atoms with van der Waals surface area (Å²) in [5.74, 6) is -1.61. The molecule has 6 nitrogen and oxygen atoms in total. The fourth-order valence-corrected chi connectivity index (χ4v) is 2.43. The molecule has 0 saturated heterocycles. The topological polar surface area (TPSA) is 96.2 Å². The van der Waals surface area contributed by atoms with E-state index in [1.807, 2.05) is 0 Å². The molecule has 0 aromatic heterocycles. The molecule has 0 aliphatic carbocycles. The van der Waals surface area contributed by atoms with Crippen LogP contribution in [0.1, 0.15) is 32.6 Å². The van der Waals surface area contributed by atoms with Gasteiger partial charge in [0.1, 0.15) is 28.9 Å². The molecule has 2 aromatic carbocycles. The largest absolute Gasteiger partial charge is 0.508 e. The Morgan fingerprint density at radius 3 is 2.77 bits per heavy atom. The Labute approximate surface area is 130 Å². The van der Waals surface area contributed by atoms with E-state index in [0.29, 0.717) is 5.56 Å². The van der Waals surface area contributed by atoms with Crippen molar-refractivity contribution in [1.82, 2.24) is 0 Å². The van der Waals surface area contributed by atoms with Crippen molar-refractivity contribution in [2.75, 3.05) is 7.04 Å². The third-order valence-corrected chi connectivity index (χ3v) is 3.45. The van der Waals surface area contributed by atoms with E-state index in [-0.39, 0.29) is 40.8 Å². The highest BCUT2D eigenvalue weighted by atomic mass is 16.5. The highest BCUT2D eigenvalue weighted by Gasteiger charge is 2.31. The minimum Gasteiger partial charge on any atom is -0.508 e. The molecule has 1 aliphatic rings. The van der Waals surface area contributed by atoms with Gasteiger partial charge in [0.15, 0.2) is 17.3 Å². The van der Waals surface area contributed by atoms with Gasteiger partial charge in [0.2, 0.25) is 0 Å². The number of phenols is 3. The van der Waals surface area contributed by atoms with Crippen molar-refractivity contribution in [3.63, 3.8) is 0 Å². The lowest BCUT2D eigenvalue weighted by Crippen LogP contribution is -2.20. The van der Waals surface area contributed by atoms with Gasteiger partial charge < -0.3 is 24.8 Å². The lowest BCUT2D eigenvalue weighted by molar-refractivity contribution is 0.0844. The summed E-state index contributed by atoms with van der Waals surface area (Å²) in [6.45, 7) is 0. The van der Waals surface area contributed by atoms with Gasteiger partial charge in [-0.25, -0.2) is 0 Å². The lowest BCUT2D eigenvalue weighted by Gasteiger charge is -2.26. The van der Waals surface area contributed by atoms with Crippen molar-refractivity contribution >= 4 is 5.78 Å². The van der Waals surface area contributed by atoms with E-state index >= 15 is 0 Å². The summed E-state index contributed by atoms with van der Waals surface area (Å²) in [7, 11) is -2.70. The highest BCUT2D eigenvalue weighted by Crippen LogP contribution is 2.42. The van der Waals surface area contributed by atoms with E-state index in [1.165, 1.54) is 24.3 Å². The molecule has 3 rings (SSSR count). The van der Waals surface area contributed by atoms with Gasteiger partial charge in [-0.3, -0.25) is 4.79 Å². The average molecular weight is 305 g/mol. The summed E-state index contributed by atoms with van der Waals surface area (Å²) in [6.07, 6.45) is -0.863. The second-order valence-corrected chi connectivity index (χ2v) is 4.90. The van der Waals surface area contributed by atoms with Crippen molar-refractivity contribution in [3.05, 3.63) is 41.5 Å². The van der Waals surface area contributed by atoms with E-state index in [0.717, 1.165) is 6.07 Å². The van der Waals surface area contributed by atoms with Crippen LogP contribution in [0, 0.1) is 0 Å². The van der Waals surface area contributed by atoms with Gasteiger partial charge in [-0.15, -0.1) is 0 Å². The van der Waals surface area contributed by atoms with Crippen molar-refractivity contribution in [2.45, 2.75) is 12.5 Å². The zero-order valence-electron chi connectivity index (χ0n) is 14.2. The molecule has 3 N–H and O–H groups in total.